The van der Waals surface area contributed by atoms with Crippen LogP contribution in [-0.2, 0) is 7.05 Å². The van der Waals surface area contributed by atoms with E-state index in [1.54, 1.807) is 16.9 Å². The first-order valence-electron chi connectivity index (χ1n) is 12.6. The molecule has 0 aliphatic carbocycles. The first-order chi connectivity index (χ1) is 18.7. The Morgan fingerprint density at radius 3 is 2.67 bits per heavy atom. The van der Waals surface area contributed by atoms with Crippen LogP contribution in [-0.4, -0.2) is 89.0 Å². The van der Waals surface area contributed by atoms with Crippen molar-refractivity contribution in [3.63, 3.8) is 0 Å². The van der Waals surface area contributed by atoms with Gasteiger partial charge in [-0.3, -0.25) is 14.8 Å². The number of hydrogen-bond acceptors (Lipinski definition) is 11. The number of benzene rings is 1. The number of nitrogens with zero attached hydrogens (tertiary/aromatic N) is 9. The van der Waals surface area contributed by atoms with Crippen molar-refractivity contribution in [3.8, 4) is 5.75 Å². The van der Waals surface area contributed by atoms with E-state index in [9.17, 15) is 10.1 Å². The van der Waals surface area contributed by atoms with E-state index in [1.807, 2.05) is 56.5 Å². The van der Waals surface area contributed by atoms with Crippen LogP contribution in [0.4, 0.5) is 28.7 Å². The lowest BCUT2D eigenvalue weighted by Crippen LogP contribution is -2.45. The lowest BCUT2D eigenvalue weighted by molar-refractivity contribution is -0.384. The maximum Gasteiger partial charge on any atom is 0.294 e. The van der Waals surface area contributed by atoms with Gasteiger partial charge in [0, 0.05) is 69.9 Å². The summed E-state index contributed by atoms with van der Waals surface area (Å²) in [7, 11) is 9.17. The summed E-state index contributed by atoms with van der Waals surface area (Å²) < 4.78 is 7.34. The van der Waals surface area contributed by atoms with Crippen molar-refractivity contribution in [2.75, 3.05) is 69.5 Å². The van der Waals surface area contributed by atoms with E-state index < -0.39 is 0 Å². The van der Waals surface area contributed by atoms with Crippen LogP contribution in [0.15, 0.2) is 42.9 Å². The molecule has 0 saturated carbocycles. The van der Waals surface area contributed by atoms with Gasteiger partial charge < -0.3 is 24.8 Å². The minimum Gasteiger partial charge on any atom is -0.494 e. The predicted octanol–water partition coefficient (Wildman–Crippen LogP) is 3.02. The summed E-state index contributed by atoms with van der Waals surface area (Å²) in [5, 5.41) is 20.3. The van der Waals surface area contributed by atoms with Gasteiger partial charge in [-0.2, -0.15) is 5.10 Å². The molecule has 0 spiro atoms. The Bertz CT molecular complexity index is 1500. The summed E-state index contributed by atoms with van der Waals surface area (Å²) in [5.74, 6) is 1.04. The summed E-state index contributed by atoms with van der Waals surface area (Å²) in [6.45, 7) is 2.97. The summed E-state index contributed by atoms with van der Waals surface area (Å²) >= 11 is 0. The van der Waals surface area contributed by atoms with Crippen molar-refractivity contribution in [1.82, 2.24) is 29.6 Å². The van der Waals surface area contributed by atoms with Gasteiger partial charge in [-0.05, 0) is 26.2 Å². The monoisotopic (exact) mass is 532 g/mol. The number of rotatable bonds is 10. The van der Waals surface area contributed by atoms with Gasteiger partial charge in [0.05, 0.1) is 41.5 Å². The van der Waals surface area contributed by atoms with Gasteiger partial charge in [0.2, 0.25) is 5.95 Å². The Morgan fingerprint density at radius 1 is 1.15 bits per heavy atom. The number of nitro benzene ring substituents is 1. The van der Waals surface area contributed by atoms with Gasteiger partial charge in [0.25, 0.3) is 5.69 Å². The number of aryl methyl sites for hydroxylation is 1. The summed E-state index contributed by atoms with van der Waals surface area (Å²) in [4.78, 5) is 31.3. The van der Waals surface area contributed by atoms with Crippen LogP contribution < -0.4 is 19.9 Å². The van der Waals surface area contributed by atoms with E-state index in [0.717, 1.165) is 42.0 Å². The predicted molar refractivity (Wildman–Crippen MR) is 150 cm³/mol. The van der Waals surface area contributed by atoms with E-state index in [2.05, 4.69) is 31.3 Å². The quantitative estimate of drug-likeness (QED) is 0.239. The van der Waals surface area contributed by atoms with Gasteiger partial charge in [-0.25, -0.2) is 15.0 Å². The fourth-order valence-corrected chi connectivity index (χ4v) is 4.61. The number of nitrogens with one attached hydrogen (secondary N) is 1. The van der Waals surface area contributed by atoms with E-state index in [4.69, 9.17) is 9.72 Å². The van der Waals surface area contributed by atoms with Crippen molar-refractivity contribution in [1.29, 1.82) is 0 Å². The number of hydrogen-bond donors (Lipinski definition) is 1. The van der Waals surface area contributed by atoms with Crippen LogP contribution in [0, 0.1) is 10.1 Å². The van der Waals surface area contributed by atoms with Gasteiger partial charge in [-0.15, -0.1) is 0 Å². The molecule has 1 saturated heterocycles. The number of likely N-dealkylation sites (N-methyl/N-ethyl adjacent to an activating group) is 2. The third-order valence-corrected chi connectivity index (χ3v) is 6.93. The molecule has 4 heterocycles. The Morgan fingerprint density at radius 2 is 1.95 bits per heavy atom. The smallest absolute Gasteiger partial charge is 0.294 e. The molecule has 204 valence electrons. The summed E-state index contributed by atoms with van der Waals surface area (Å²) in [5.41, 5.74) is 3.68. The lowest BCUT2D eigenvalue weighted by atomic mass is 9.95. The van der Waals surface area contributed by atoms with Gasteiger partial charge in [-0.1, -0.05) is 0 Å². The highest BCUT2D eigenvalue weighted by molar-refractivity contribution is 5.79. The zero-order valence-electron chi connectivity index (χ0n) is 22.7. The minimum absolute atomic E-state index is 0.0236. The molecular formula is C26H32N10O3. The summed E-state index contributed by atoms with van der Waals surface area (Å²) in [6.07, 6.45) is 5.38. The first-order valence-corrected chi connectivity index (χ1v) is 12.6. The number of fused-ring (bicyclic) bond motifs is 1. The molecule has 0 radical (unpaired) electrons. The molecule has 0 atom stereocenters. The number of anilines is 4. The largest absolute Gasteiger partial charge is 0.494 e. The SMILES string of the molecule is COc1cc(N(C)CCN(C)C)c([N+](=O)[O-])cc1Nc1nccc(C2CN(c3cnc4c(cnn4C)c3)C2)n1. The standard InChI is InChI=1S/C26H32N10O3/c1-32(2)8-9-33(3)22-12-24(39-5)21(11-23(22)36(37)38)31-26-27-7-6-20(30-26)18-15-35(16-18)19-10-17-13-29-34(4)25(17)28-14-19/h6-7,10-14,18H,8-9,15-16H2,1-5H3,(H,27,30,31). The molecule has 13 heteroatoms. The molecule has 0 amide bonds. The molecule has 39 heavy (non-hydrogen) atoms. The molecule has 1 aliphatic rings. The number of nitro groups is 1. The molecule has 1 aliphatic heterocycles. The molecule has 5 rings (SSSR count). The van der Waals surface area contributed by atoms with E-state index in [1.165, 1.54) is 13.2 Å². The average Bonchev–Trinajstić information content (AvgIpc) is 3.26. The minimum atomic E-state index is -0.385. The van der Waals surface area contributed by atoms with Crippen LogP contribution in [0.25, 0.3) is 11.0 Å². The highest BCUT2D eigenvalue weighted by Crippen LogP contribution is 2.39. The van der Waals surface area contributed by atoms with E-state index in [0.29, 0.717) is 29.6 Å². The van der Waals surface area contributed by atoms with Crippen molar-refractivity contribution < 1.29 is 9.66 Å². The number of aromatic nitrogens is 5. The van der Waals surface area contributed by atoms with Crippen LogP contribution >= 0.6 is 0 Å². The fraction of sp³-hybridized carbons (Fsp3) is 0.385. The van der Waals surface area contributed by atoms with Gasteiger partial charge in [0.1, 0.15) is 11.4 Å². The van der Waals surface area contributed by atoms with Crippen LogP contribution in [0.5, 0.6) is 5.75 Å². The Kier molecular flexibility index (Phi) is 7.15. The maximum atomic E-state index is 11.9. The van der Waals surface area contributed by atoms with Gasteiger partial charge in [0.15, 0.2) is 5.65 Å². The van der Waals surface area contributed by atoms with Gasteiger partial charge >= 0.3 is 0 Å². The van der Waals surface area contributed by atoms with E-state index >= 15 is 0 Å². The van der Waals surface area contributed by atoms with Crippen LogP contribution in [0.1, 0.15) is 11.6 Å². The van der Waals surface area contributed by atoms with Crippen LogP contribution in [0.2, 0.25) is 0 Å². The van der Waals surface area contributed by atoms with Crippen molar-refractivity contribution in [2.24, 2.45) is 7.05 Å². The zero-order valence-corrected chi connectivity index (χ0v) is 22.7. The number of pyridine rings is 1. The molecule has 4 aromatic rings. The fourth-order valence-electron chi connectivity index (χ4n) is 4.61. The average molecular weight is 533 g/mol. The first kappa shape index (κ1) is 26.1. The number of methoxy groups -OCH3 is 1. The Balaban J connectivity index is 1.32. The topological polar surface area (TPSA) is 131 Å². The Hall–Kier alpha value is -4.52. The second-order valence-corrected chi connectivity index (χ2v) is 9.93. The highest BCUT2D eigenvalue weighted by atomic mass is 16.6. The number of ether oxygens (including phenoxy) is 1. The third-order valence-electron chi connectivity index (χ3n) is 6.93. The highest BCUT2D eigenvalue weighted by Gasteiger charge is 2.30. The molecule has 1 fully saturated rings. The van der Waals surface area contributed by atoms with Crippen LogP contribution in [0.3, 0.4) is 0 Å². The molecule has 1 N–H and O–H groups in total. The molecule has 3 aromatic heterocycles. The molecule has 1 aromatic carbocycles. The van der Waals surface area contributed by atoms with Crippen molar-refractivity contribution in [3.05, 3.63) is 58.7 Å². The molecule has 0 bridgehead atoms. The van der Waals surface area contributed by atoms with Crippen molar-refractivity contribution >= 4 is 39.7 Å². The maximum absolute atomic E-state index is 11.9. The normalized spacial score (nSPS) is 13.5. The summed E-state index contributed by atoms with van der Waals surface area (Å²) in [6, 6.07) is 7.15. The third kappa shape index (κ3) is 5.39. The lowest BCUT2D eigenvalue weighted by Gasteiger charge is -2.40. The molecule has 0 unspecified atom stereocenters. The Labute approximate surface area is 226 Å². The van der Waals surface area contributed by atoms with Crippen molar-refractivity contribution in [2.45, 2.75) is 5.92 Å². The molecule has 13 nitrogen and oxygen atoms in total. The molecular weight excluding hydrogens is 500 g/mol. The second kappa shape index (κ2) is 10.7. The van der Waals surface area contributed by atoms with E-state index in [-0.39, 0.29) is 16.5 Å². The second-order valence-electron chi connectivity index (χ2n) is 9.93. The zero-order chi connectivity index (χ0) is 27.7.